The van der Waals surface area contributed by atoms with Gasteiger partial charge >= 0.3 is 5.97 Å². The van der Waals surface area contributed by atoms with E-state index in [1.165, 1.54) is 18.9 Å². The van der Waals surface area contributed by atoms with Gasteiger partial charge in [0.1, 0.15) is 5.76 Å². The molecule has 0 aliphatic carbocycles. The molecule has 0 spiro atoms. The number of thioether (sulfide) groups is 1. The first-order chi connectivity index (χ1) is 15.4. The summed E-state index contributed by atoms with van der Waals surface area (Å²) in [6, 6.07) is 3.76. The van der Waals surface area contributed by atoms with Crippen molar-refractivity contribution in [2.45, 2.75) is 50.6 Å². The van der Waals surface area contributed by atoms with Crippen molar-refractivity contribution < 1.29 is 18.7 Å². The fourth-order valence-corrected chi connectivity index (χ4v) is 4.94. The van der Waals surface area contributed by atoms with Crippen LogP contribution in [0.25, 0.3) is 0 Å². The van der Waals surface area contributed by atoms with Gasteiger partial charge in [-0.1, -0.05) is 11.8 Å². The van der Waals surface area contributed by atoms with E-state index in [4.69, 9.17) is 9.15 Å². The Balaban J connectivity index is 1.60. The number of carbonyl (C=O) groups excluding carboxylic acids is 2. The lowest BCUT2D eigenvalue weighted by atomic mass is 10.1. The quantitative estimate of drug-likeness (QED) is 0.311. The second-order valence-corrected chi connectivity index (χ2v) is 9.19. The number of esters is 1. The van der Waals surface area contributed by atoms with Gasteiger partial charge in [-0.15, -0.1) is 10.2 Å². The Morgan fingerprint density at radius 3 is 2.69 bits per heavy atom. The van der Waals surface area contributed by atoms with Gasteiger partial charge in [-0.2, -0.15) is 0 Å². The van der Waals surface area contributed by atoms with Gasteiger partial charge in [0.05, 0.1) is 36.4 Å². The van der Waals surface area contributed by atoms with Crippen LogP contribution in [0.5, 0.6) is 0 Å². The summed E-state index contributed by atoms with van der Waals surface area (Å²) in [5.41, 5.74) is 2.04. The average molecular weight is 458 g/mol. The van der Waals surface area contributed by atoms with E-state index in [-0.39, 0.29) is 5.78 Å². The number of anilines is 1. The SMILES string of the molecule is COC(=O)c1c(C)[nH]c(C(=O)[C@@H](C)Sc2nnc(N3CCCC3)n2Cc2ccco2)c1C. The van der Waals surface area contributed by atoms with Gasteiger partial charge in [0.15, 0.2) is 10.9 Å². The summed E-state index contributed by atoms with van der Waals surface area (Å²) in [6.45, 7) is 7.71. The summed E-state index contributed by atoms with van der Waals surface area (Å²) in [4.78, 5) is 30.6. The van der Waals surface area contributed by atoms with Gasteiger partial charge in [-0.05, 0) is 51.3 Å². The second kappa shape index (κ2) is 9.23. The molecule has 0 radical (unpaired) electrons. The third-order valence-electron chi connectivity index (χ3n) is 5.71. The minimum Gasteiger partial charge on any atom is -0.467 e. The van der Waals surface area contributed by atoms with Crippen LogP contribution < -0.4 is 4.90 Å². The standard InChI is InChI=1S/C22H27N5O4S/c1-13-17(20(29)30-4)14(2)23-18(13)19(28)15(3)32-22-25-24-21(26-9-5-6-10-26)27(22)12-16-8-7-11-31-16/h7-8,11,15,23H,5-6,9-10,12H2,1-4H3/t15-/m1/s1. The number of furan rings is 1. The smallest absolute Gasteiger partial charge is 0.339 e. The Bertz CT molecular complexity index is 1110. The van der Waals surface area contributed by atoms with Gasteiger partial charge in [0.2, 0.25) is 5.95 Å². The fraction of sp³-hybridized carbons (Fsp3) is 0.455. The fourth-order valence-electron chi connectivity index (χ4n) is 4.04. The van der Waals surface area contributed by atoms with Crippen LogP contribution in [-0.4, -0.2) is 57.0 Å². The van der Waals surface area contributed by atoms with E-state index in [1.807, 2.05) is 23.6 Å². The molecule has 3 aromatic heterocycles. The Hall–Kier alpha value is -3.01. The highest BCUT2D eigenvalue weighted by Gasteiger charge is 2.28. The summed E-state index contributed by atoms with van der Waals surface area (Å²) in [5.74, 6) is 1.02. The van der Waals surface area contributed by atoms with Crippen molar-refractivity contribution in [3.8, 4) is 0 Å². The Morgan fingerprint density at radius 1 is 1.28 bits per heavy atom. The van der Waals surface area contributed by atoms with Gasteiger partial charge < -0.3 is 19.0 Å². The molecule has 0 aromatic carbocycles. The van der Waals surface area contributed by atoms with E-state index in [2.05, 4.69) is 20.1 Å². The number of aromatic nitrogens is 4. The number of ketones is 1. The zero-order valence-electron chi connectivity index (χ0n) is 18.7. The second-order valence-electron chi connectivity index (χ2n) is 7.88. The Kier molecular flexibility index (Phi) is 6.40. The van der Waals surface area contributed by atoms with Crippen molar-refractivity contribution in [2.75, 3.05) is 25.1 Å². The molecule has 170 valence electrons. The van der Waals surface area contributed by atoms with Crippen molar-refractivity contribution in [1.29, 1.82) is 0 Å². The first-order valence-corrected chi connectivity index (χ1v) is 11.5. The molecule has 0 amide bonds. The molecule has 4 rings (SSSR count). The highest BCUT2D eigenvalue weighted by atomic mass is 32.2. The zero-order chi connectivity index (χ0) is 22.8. The molecule has 0 saturated carbocycles. The average Bonchev–Trinajstić information content (AvgIpc) is 3.57. The number of aromatic amines is 1. The lowest BCUT2D eigenvalue weighted by Gasteiger charge is -2.18. The lowest BCUT2D eigenvalue weighted by Crippen LogP contribution is -2.23. The maximum atomic E-state index is 13.2. The molecular weight excluding hydrogens is 430 g/mol. The number of nitrogens with zero attached hydrogens (tertiary/aromatic N) is 4. The summed E-state index contributed by atoms with van der Waals surface area (Å²) in [6.07, 6.45) is 3.89. The number of hydrogen-bond donors (Lipinski definition) is 1. The largest absolute Gasteiger partial charge is 0.467 e. The Morgan fingerprint density at radius 2 is 2.03 bits per heavy atom. The van der Waals surface area contributed by atoms with Crippen molar-refractivity contribution in [1.82, 2.24) is 19.7 Å². The summed E-state index contributed by atoms with van der Waals surface area (Å²) >= 11 is 1.35. The van der Waals surface area contributed by atoms with Crippen LogP contribution in [-0.2, 0) is 11.3 Å². The van der Waals surface area contributed by atoms with Crippen LogP contribution >= 0.6 is 11.8 Å². The first kappa shape index (κ1) is 22.2. The molecule has 10 heteroatoms. The predicted molar refractivity (Wildman–Crippen MR) is 121 cm³/mol. The molecule has 0 unspecified atom stereocenters. The molecule has 1 aliphatic rings. The molecule has 3 aromatic rings. The van der Waals surface area contributed by atoms with E-state index < -0.39 is 11.2 Å². The van der Waals surface area contributed by atoms with Crippen molar-refractivity contribution in [3.63, 3.8) is 0 Å². The third kappa shape index (κ3) is 4.19. The number of H-pyrrole nitrogens is 1. The molecule has 1 N–H and O–H groups in total. The number of carbonyl (C=O) groups is 2. The molecule has 4 heterocycles. The van der Waals surface area contributed by atoms with Crippen LogP contribution in [0.1, 0.15) is 57.6 Å². The monoisotopic (exact) mass is 457 g/mol. The van der Waals surface area contributed by atoms with E-state index in [0.717, 1.165) is 37.6 Å². The maximum absolute atomic E-state index is 13.2. The van der Waals surface area contributed by atoms with Crippen molar-refractivity contribution >= 4 is 29.5 Å². The Labute approximate surface area is 190 Å². The molecule has 32 heavy (non-hydrogen) atoms. The van der Waals surface area contributed by atoms with E-state index >= 15 is 0 Å². The zero-order valence-corrected chi connectivity index (χ0v) is 19.5. The number of methoxy groups -OCH3 is 1. The normalized spacial score (nSPS) is 14.7. The van der Waals surface area contributed by atoms with Crippen molar-refractivity contribution in [3.05, 3.63) is 46.7 Å². The van der Waals surface area contributed by atoms with Gasteiger partial charge in [-0.25, -0.2) is 4.79 Å². The number of ether oxygens (including phenoxy) is 1. The van der Waals surface area contributed by atoms with E-state index in [9.17, 15) is 9.59 Å². The van der Waals surface area contributed by atoms with Crippen LogP contribution in [0.4, 0.5) is 5.95 Å². The minimum absolute atomic E-state index is 0.110. The number of rotatable bonds is 8. The van der Waals surface area contributed by atoms with Crippen LogP contribution in [0.15, 0.2) is 28.0 Å². The minimum atomic E-state index is -0.455. The highest BCUT2D eigenvalue weighted by Crippen LogP contribution is 2.31. The number of nitrogens with one attached hydrogen (secondary N) is 1. The summed E-state index contributed by atoms with van der Waals surface area (Å²) in [5, 5.41) is 9.04. The van der Waals surface area contributed by atoms with Gasteiger partial charge in [0.25, 0.3) is 0 Å². The summed E-state index contributed by atoms with van der Waals surface area (Å²) in [7, 11) is 1.33. The molecular formula is C22H27N5O4S. The van der Waals surface area contributed by atoms with E-state index in [0.29, 0.717) is 34.2 Å². The molecule has 1 saturated heterocycles. The van der Waals surface area contributed by atoms with Gasteiger partial charge in [-0.3, -0.25) is 9.36 Å². The molecule has 0 bridgehead atoms. The van der Waals surface area contributed by atoms with Crippen molar-refractivity contribution in [2.24, 2.45) is 0 Å². The predicted octanol–water partition coefficient (Wildman–Crippen LogP) is 3.61. The third-order valence-corrected chi connectivity index (χ3v) is 6.79. The molecule has 1 aliphatic heterocycles. The summed E-state index contributed by atoms with van der Waals surface area (Å²) < 4.78 is 12.4. The number of aryl methyl sites for hydroxylation is 1. The molecule has 1 atom stereocenters. The van der Waals surface area contributed by atoms with Crippen LogP contribution in [0, 0.1) is 13.8 Å². The highest BCUT2D eigenvalue weighted by molar-refractivity contribution is 8.00. The maximum Gasteiger partial charge on any atom is 0.339 e. The van der Waals surface area contributed by atoms with Crippen LogP contribution in [0.2, 0.25) is 0 Å². The number of hydrogen-bond acceptors (Lipinski definition) is 8. The molecule has 9 nitrogen and oxygen atoms in total. The van der Waals surface area contributed by atoms with E-state index in [1.54, 1.807) is 20.1 Å². The van der Waals surface area contributed by atoms with Crippen LogP contribution in [0.3, 0.4) is 0 Å². The first-order valence-electron chi connectivity index (χ1n) is 10.6. The number of Topliss-reactive ketones (excluding diaryl/α,β-unsaturated/α-hetero) is 1. The topological polar surface area (TPSA) is 106 Å². The van der Waals surface area contributed by atoms with Gasteiger partial charge in [0, 0.05) is 18.8 Å². The molecule has 1 fully saturated rings. The lowest BCUT2D eigenvalue weighted by molar-refractivity contribution is 0.0599.